The maximum atomic E-state index is 12.8. The largest absolute Gasteiger partial charge is 0.394 e. The van der Waals surface area contributed by atoms with Crippen LogP contribution in [-0.2, 0) is 19.4 Å². The van der Waals surface area contributed by atoms with Gasteiger partial charge in [0, 0.05) is 35.9 Å². The van der Waals surface area contributed by atoms with Crippen molar-refractivity contribution in [3.05, 3.63) is 53.6 Å². The fourth-order valence-electron chi connectivity index (χ4n) is 3.27. The zero-order valence-electron chi connectivity index (χ0n) is 13.7. The first-order valence-electron chi connectivity index (χ1n) is 8.36. The summed E-state index contributed by atoms with van der Waals surface area (Å²) in [6, 6.07) is 5.72. The smallest absolute Gasteiger partial charge is 0.259 e. The molecule has 3 heterocycles. The summed E-state index contributed by atoms with van der Waals surface area (Å²) < 4.78 is 1.59. The molecule has 1 aliphatic carbocycles. The number of carbonyl (C=O) groups excluding carboxylic acids is 1. The average Bonchev–Trinajstić information content (AvgIpc) is 3.18. The van der Waals surface area contributed by atoms with E-state index < -0.39 is 0 Å². The van der Waals surface area contributed by atoms with Crippen molar-refractivity contribution in [2.75, 3.05) is 11.9 Å². The zero-order chi connectivity index (χ0) is 17.2. The van der Waals surface area contributed by atoms with E-state index in [1.807, 2.05) is 6.07 Å². The number of anilines is 1. The van der Waals surface area contributed by atoms with E-state index in [0.717, 1.165) is 36.2 Å². The highest BCUT2D eigenvalue weighted by Crippen LogP contribution is 2.33. The maximum Gasteiger partial charge on any atom is 0.259 e. The SMILES string of the molecule is O=C(Nc1ccn(CCO)n1)c1c[nH]c2c1-c1ncccc1CCC2. The van der Waals surface area contributed by atoms with Gasteiger partial charge in [0.15, 0.2) is 5.82 Å². The Kier molecular flexibility index (Phi) is 4.07. The Hall–Kier alpha value is -2.93. The van der Waals surface area contributed by atoms with Gasteiger partial charge in [0.05, 0.1) is 24.4 Å². The van der Waals surface area contributed by atoms with Crippen molar-refractivity contribution in [2.24, 2.45) is 0 Å². The van der Waals surface area contributed by atoms with Gasteiger partial charge in [0.1, 0.15) is 0 Å². The summed E-state index contributed by atoms with van der Waals surface area (Å²) in [5.41, 5.74) is 4.57. The van der Waals surface area contributed by atoms with E-state index in [0.29, 0.717) is 17.9 Å². The van der Waals surface area contributed by atoms with Crippen LogP contribution in [0.3, 0.4) is 0 Å². The molecule has 0 spiro atoms. The molecular weight excluding hydrogens is 318 g/mol. The Morgan fingerprint density at radius 1 is 1.36 bits per heavy atom. The Morgan fingerprint density at radius 2 is 2.28 bits per heavy atom. The number of aromatic amines is 1. The van der Waals surface area contributed by atoms with Gasteiger partial charge in [0.25, 0.3) is 5.91 Å². The Balaban J connectivity index is 1.66. The summed E-state index contributed by atoms with van der Waals surface area (Å²) in [5, 5.41) is 16.0. The molecule has 0 saturated heterocycles. The number of nitrogens with one attached hydrogen (secondary N) is 2. The van der Waals surface area contributed by atoms with Gasteiger partial charge in [-0.3, -0.25) is 14.5 Å². The normalized spacial score (nSPS) is 13.0. The van der Waals surface area contributed by atoms with E-state index in [-0.39, 0.29) is 12.5 Å². The number of rotatable bonds is 4. The quantitative estimate of drug-likeness (QED) is 0.678. The van der Waals surface area contributed by atoms with Crippen molar-refractivity contribution in [2.45, 2.75) is 25.8 Å². The molecule has 128 valence electrons. The molecule has 0 bridgehead atoms. The minimum absolute atomic E-state index is 0.00282. The van der Waals surface area contributed by atoms with Crippen LogP contribution in [-0.4, -0.2) is 37.4 Å². The molecule has 0 aliphatic heterocycles. The maximum absolute atomic E-state index is 12.8. The lowest BCUT2D eigenvalue weighted by atomic mass is 10.0. The van der Waals surface area contributed by atoms with Crippen molar-refractivity contribution >= 4 is 11.7 Å². The van der Waals surface area contributed by atoms with E-state index in [9.17, 15) is 4.79 Å². The molecule has 4 rings (SSSR count). The molecule has 7 heteroatoms. The second-order valence-electron chi connectivity index (χ2n) is 6.06. The highest BCUT2D eigenvalue weighted by atomic mass is 16.3. The number of hydrogen-bond donors (Lipinski definition) is 3. The first kappa shape index (κ1) is 15.6. The lowest BCUT2D eigenvalue weighted by Gasteiger charge is -2.08. The number of H-pyrrole nitrogens is 1. The van der Waals surface area contributed by atoms with Gasteiger partial charge in [-0.2, -0.15) is 5.10 Å². The third-order valence-electron chi connectivity index (χ3n) is 4.42. The van der Waals surface area contributed by atoms with Gasteiger partial charge in [-0.25, -0.2) is 0 Å². The monoisotopic (exact) mass is 337 g/mol. The highest BCUT2D eigenvalue weighted by molar-refractivity contribution is 6.08. The zero-order valence-corrected chi connectivity index (χ0v) is 13.7. The van der Waals surface area contributed by atoms with Gasteiger partial charge in [-0.05, 0) is 30.9 Å². The van der Waals surface area contributed by atoms with E-state index in [2.05, 4.69) is 26.4 Å². The molecule has 1 aliphatic rings. The molecular formula is C18H19N5O2. The molecule has 0 unspecified atom stereocenters. The second-order valence-corrected chi connectivity index (χ2v) is 6.06. The van der Waals surface area contributed by atoms with E-state index >= 15 is 0 Å². The minimum atomic E-state index is -0.217. The molecule has 3 aromatic heterocycles. The molecule has 0 aromatic carbocycles. The number of nitrogens with zero attached hydrogens (tertiary/aromatic N) is 3. The second kappa shape index (κ2) is 6.52. The van der Waals surface area contributed by atoms with Crippen LogP contribution in [0.5, 0.6) is 0 Å². The Labute approximate surface area is 144 Å². The van der Waals surface area contributed by atoms with Crippen molar-refractivity contribution in [1.82, 2.24) is 19.7 Å². The van der Waals surface area contributed by atoms with Crippen molar-refractivity contribution in [3.8, 4) is 11.3 Å². The summed E-state index contributed by atoms with van der Waals surface area (Å²) in [6.45, 7) is 0.398. The predicted molar refractivity (Wildman–Crippen MR) is 93.3 cm³/mol. The molecule has 0 radical (unpaired) electrons. The van der Waals surface area contributed by atoms with E-state index in [1.165, 1.54) is 5.56 Å². The van der Waals surface area contributed by atoms with Gasteiger partial charge in [-0.1, -0.05) is 6.07 Å². The summed E-state index contributed by atoms with van der Waals surface area (Å²) in [7, 11) is 0. The topological polar surface area (TPSA) is 95.8 Å². The van der Waals surface area contributed by atoms with Crippen molar-refractivity contribution in [1.29, 1.82) is 0 Å². The van der Waals surface area contributed by atoms with Crippen LogP contribution in [0.4, 0.5) is 5.82 Å². The summed E-state index contributed by atoms with van der Waals surface area (Å²) in [4.78, 5) is 20.5. The number of aryl methyl sites for hydroxylation is 2. The number of aromatic nitrogens is 4. The molecule has 3 N–H and O–H groups in total. The molecule has 3 aromatic rings. The van der Waals surface area contributed by atoms with Crippen LogP contribution >= 0.6 is 0 Å². The van der Waals surface area contributed by atoms with Crippen LogP contribution < -0.4 is 5.32 Å². The van der Waals surface area contributed by atoms with Crippen molar-refractivity contribution < 1.29 is 9.90 Å². The fourth-order valence-corrected chi connectivity index (χ4v) is 3.27. The standard InChI is InChI=1S/C18H19N5O2/c24-10-9-23-8-6-15(22-23)21-18(25)13-11-20-14-5-1-3-12-4-2-7-19-17(12)16(13)14/h2,4,6-8,11,20,24H,1,3,5,9-10H2,(H,21,22,25). The van der Waals surface area contributed by atoms with Crippen LogP contribution in [0.2, 0.25) is 0 Å². The third-order valence-corrected chi connectivity index (χ3v) is 4.42. The van der Waals surface area contributed by atoms with Crippen molar-refractivity contribution in [3.63, 3.8) is 0 Å². The van der Waals surface area contributed by atoms with E-state index in [4.69, 9.17) is 5.11 Å². The fraction of sp³-hybridized carbons (Fsp3) is 0.278. The third kappa shape index (κ3) is 2.94. The van der Waals surface area contributed by atoms with Gasteiger partial charge in [-0.15, -0.1) is 0 Å². The molecule has 0 saturated carbocycles. The highest BCUT2D eigenvalue weighted by Gasteiger charge is 2.24. The Morgan fingerprint density at radius 3 is 3.16 bits per heavy atom. The summed E-state index contributed by atoms with van der Waals surface area (Å²) >= 11 is 0. The average molecular weight is 337 g/mol. The number of carbonyl (C=O) groups is 1. The first-order chi connectivity index (χ1) is 12.3. The molecule has 0 atom stereocenters. The predicted octanol–water partition coefficient (Wildman–Crippen LogP) is 2.01. The number of hydrogen-bond acceptors (Lipinski definition) is 4. The summed E-state index contributed by atoms with van der Waals surface area (Å²) in [6.07, 6.45) is 8.11. The minimum Gasteiger partial charge on any atom is -0.394 e. The number of fused-ring (bicyclic) bond motifs is 3. The van der Waals surface area contributed by atoms with Crippen LogP contribution in [0.15, 0.2) is 36.8 Å². The molecule has 1 amide bonds. The summed E-state index contributed by atoms with van der Waals surface area (Å²) in [5.74, 6) is 0.244. The number of aliphatic hydroxyl groups is 1. The van der Waals surface area contributed by atoms with Gasteiger partial charge in [0.2, 0.25) is 0 Å². The van der Waals surface area contributed by atoms with Crippen LogP contribution in [0.25, 0.3) is 11.3 Å². The molecule has 7 nitrogen and oxygen atoms in total. The number of aliphatic hydroxyl groups excluding tert-OH is 1. The molecule has 0 fully saturated rings. The van der Waals surface area contributed by atoms with Crippen LogP contribution in [0.1, 0.15) is 28.0 Å². The van der Waals surface area contributed by atoms with Crippen LogP contribution in [0, 0.1) is 0 Å². The van der Waals surface area contributed by atoms with Gasteiger partial charge < -0.3 is 15.4 Å². The number of pyridine rings is 1. The lowest BCUT2D eigenvalue weighted by Crippen LogP contribution is -2.13. The molecule has 25 heavy (non-hydrogen) atoms. The van der Waals surface area contributed by atoms with E-state index in [1.54, 1.807) is 29.3 Å². The van der Waals surface area contributed by atoms with Gasteiger partial charge >= 0.3 is 0 Å². The lowest BCUT2D eigenvalue weighted by molar-refractivity contribution is 0.102. The Bertz CT molecular complexity index is 912. The first-order valence-corrected chi connectivity index (χ1v) is 8.36. The number of amides is 1.